The lowest BCUT2D eigenvalue weighted by Gasteiger charge is -2.08. The van der Waals surface area contributed by atoms with Gasteiger partial charge in [-0.15, -0.1) is 0 Å². The third-order valence-corrected chi connectivity index (χ3v) is 4.28. The van der Waals surface area contributed by atoms with Gasteiger partial charge in [-0.1, -0.05) is 0 Å². The van der Waals surface area contributed by atoms with Crippen LogP contribution in [0, 0.1) is 0 Å². The molecule has 2 aromatic rings. The molecule has 20 heavy (non-hydrogen) atoms. The van der Waals surface area contributed by atoms with Crippen molar-refractivity contribution in [2.75, 3.05) is 32.6 Å². The van der Waals surface area contributed by atoms with Crippen LogP contribution in [0.2, 0.25) is 0 Å². The second-order valence-electron chi connectivity index (χ2n) is 4.19. The summed E-state index contributed by atoms with van der Waals surface area (Å²) in [7, 11) is -0.205. The predicted octanol–water partition coefficient (Wildman–Crippen LogP) is 1.20. The highest BCUT2D eigenvalue weighted by Gasteiger charge is 2.13. The third kappa shape index (κ3) is 3.24. The Bertz CT molecular complexity index is 701. The van der Waals surface area contributed by atoms with E-state index in [4.69, 9.17) is 4.74 Å². The van der Waals surface area contributed by atoms with Crippen LogP contribution < -0.4 is 10.0 Å². The van der Waals surface area contributed by atoms with Crippen LogP contribution in [0.15, 0.2) is 35.2 Å². The van der Waals surface area contributed by atoms with Crippen molar-refractivity contribution in [3.05, 3.63) is 30.3 Å². The molecule has 0 amide bonds. The molecular formula is C13H17N3O3S. The van der Waals surface area contributed by atoms with Crippen LogP contribution in [0.3, 0.4) is 0 Å². The molecule has 0 saturated heterocycles. The molecule has 0 atom stereocenters. The number of pyridine rings is 1. The first-order valence-electron chi connectivity index (χ1n) is 6.14. The zero-order valence-electron chi connectivity index (χ0n) is 11.4. The molecule has 0 bridgehead atoms. The molecule has 0 unspecified atom stereocenters. The topological polar surface area (TPSA) is 80.3 Å². The maximum Gasteiger partial charge on any atom is 0.240 e. The highest BCUT2D eigenvalue weighted by molar-refractivity contribution is 7.89. The standard InChI is InChI=1S/C13H17N3O3S/c1-14-13-6-3-10-9-11(4-5-12(10)16-13)20(17,18)15-7-8-19-2/h3-6,9,15H,7-8H2,1-2H3,(H,14,16). The molecule has 0 aliphatic rings. The Morgan fingerprint density at radius 1 is 1.25 bits per heavy atom. The Hall–Kier alpha value is -1.70. The Kier molecular flexibility index (Phi) is 4.53. The van der Waals surface area contributed by atoms with E-state index in [0.717, 1.165) is 16.7 Å². The van der Waals surface area contributed by atoms with Crippen molar-refractivity contribution in [2.24, 2.45) is 0 Å². The summed E-state index contributed by atoms with van der Waals surface area (Å²) >= 11 is 0. The second kappa shape index (κ2) is 6.17. The van der Waals surface area contributed by atoms with E-state index in [1.54, 1.807) is 31.3 Å². The molecular weight excluding hydrogens is 278 g/mol. The first kappa shape index (κ1) is 14.7. The second-order valence-corrected chi connectivity index (χ2v) is 5.96. The van der Waals surface area contributed by atoms with Gasteiger partial charge in [0.05, 0.1) is 17.0 Å². The van der Waals surface area contributed by atoms with Crippen molar-refractivity contribution in [1.82, 2.24) is 9.71 Å². The van der Waals surface area contributed by atoms with E-state index < -0.39 is 10.0 Å². The molecule has 7 heteroatoms. The van der Waals surface area contributed by atoms with Crippen LogP contribution in [0.25, 0.3) is 10.9 Å². The summed E-state index contributed by atoms with van der Waals surface area (Å²) in [6.07, 6.45) is 0. The number of anilines is 1. The number of fused-ring (bicyclic) bond motifs is 1. The molecule has 2 N–H and O–H groups in total. The Labute approximate surface area is 118 Å². The van der Waals surface area contributed by atoms with E-state index in [1.807, 2.05) is 6.07 Å². The summed E-state index contributed by atoms with van der Waals surface area (Å²) in [5.41, 5.74) is 0.743. The van der Waals surface area contributed by atoms with Crippen LogP contribution in [-0.4, -0.2) is 40.7 Å². The number of nitrogens with zero attached hydrogens (tertiary/aromatic N) is 1. The number of nitrogens with one attached hydrogen (secondary N) is 2. The van der Waals surface area contributed by atoms with Crippen LogP contribution in [-0.2, 0) is 14.8 Å². The van der Waals surface area contributed by atoms with E-state index in [9.17, 15) is 8.42 Å². The van der Waals surface area contributed by atoms with Gasteiger partial charge in [0.15, 0.2) is 0 Å². The van der Waals surface area contributed by atoms with Gasteiger partial charge in [0.25, 0.3) is 0 Å². The zero-order valence-corrected chi connectivity index (χ0v) is 12.2. The van der Waals surface area contributed by atoms with Gasteiger partial charge in [-0.05, 0) is 30.3 Å². The van der Waals surface area contributed by atoms with Crippen molar-refractivity contribution in [2.45, 2.75) is 4.90 Å². The van der Waals surface area contributed by atoms with E-state index in [2.05, 4.69) is 15.0 Å². The Morgan fingerprint density at radius 2 is 2.05 bits per heavy atom. The largest absolute Gasteiger partial charge is 0.383 e. The first-order valence-corrected chi connectivity index (χ1v) is 7.62. The van der Waals surface area contributed by atoms with Crippen LogP contribution in [0.1, 0.15) is 0 Å². The Morgan fingerprint density at radius 3 is 2.75 bits per heavy atom. The monoisotopic (exact) mass is 295 g/mol. The molecule has 2 rings (SSSR count). The minimum absolute atomic E-state index is 0.222. The lowest BCUT2D eigenvalue weighted by molar-refractivity contribution is 0.204. The van der Waals surface area contributed by atoms with Crippen molar-refractivity contribution in [1.29, 1.82) is 0 Å². The third-order valence-electron chi connectivity index (χ3n) is 2.83. The molecule has 0 fully saturated rings. The molecule has 0 aliphatic heterocycles. The van der Waals surface area contributed by atoms with E-state index in [0.29, 0.717) is 6.61 Å². The molecule has 0 saturated carbocycles. The molecule has 0 aliphatic carbocycles. The minimum atomic E-state index is -3.51. The fraction of sp³-hybridized carbons (Fsp3) is 0.308. The van der Waals surface area contributed by atoms with Gasteiger partial charge in [-0.25, -0.2) is 18.1 Å². The van der Waals surface area contributed by atoms with Gasteiger partial charge >= 0.3 is 0 Å². The normalized spacial score (nSPS) is 11.7. The van der Waals surface area contributed by atoms with Crippen LogP contribution in [0.5, 0.6) is 0 Å². The van der Waals surface area contributed by atoms with Crippen LogP contribution in [0.4, 0.5) is 5.82 Å². The lowest BCUT2D eigenvalue weighted by atomic mass is 10.2. The summed E-state index contributed by atoms with van der Waals surface area (Å²) in [5, 5.41) is 3.72. The molecule has 108 valence electrons. The summed E-state index contributed by atoms with van der Waals surface area (Å²) in [4.78, 5) is 4.57. The van der Waals surface area contributed by atoms with Gasteiger partial charge < -0.3 is 10.1 Å². The van der Waals surface area contributed by atoms with Crippen LogP contribution >= 0.6 is 0 Å². The maximum atomic E-state index is 12.1. The quantitative estimate of drug-likeness (QED) is 0.783. The van der Waals surface area contributed by atoms with E-state index in [1.165, 1.54) is 7.11 Å². The first-order chi connectivity index (χ1) is 9.56. The molecule has 0 radical (unpaired) electrons. The van der Waals surface area contributed by atoms with Crippen molar-refractivity contribution in [3.8, 4) is 0 Å². The number of rotatable bonds is 6. The SMILES string of the molecule is CNc1ccc2cc(S(=O)(=O)NCCOC)ccc2n1. The van der Waals surface area contributed by atoms with Gasteiger partial charge in [0.2, 0.25) is 10.0 Å². The average Bonchev–Trinajstić information content (AvgIpc) is 2.46. The van der Waals surface area contributed by atoms with E-state index >= 15 is 0 Å². The van der Waals surface area contributed by atoms with Gasteiger partial charge in [-0.2, -0.15) is 0 Å². The van der Waals surface area contributed by atoms with Gasteiger partial charge in [0.1, 0.15) is 5.82 Å². The summed E-state index contributed by atoms with van der Waals surface area (Å²) in [6, 6.07) is 8.49. The Balaban J connectivity index is 2.31. The molecule has 6 nitrogen and oxygen atoms in total. The zero-order chi connectivity index (χ0) is 14.6. The van der Waals surface area contributed by atoms with E-state index in [-0.39, 0.29) is 11.4 Å². The maximum absolute atomic E-state index is 12.1. The fourth-order valence-corrected chi connectivity index (χ4v) is 2.82. The van der Waals surface area contributed by atoms with Crippen molar-refractivity contribution >= 4 is 26.7 Å². The fourth-order valence-electron chi connectivity index (χ4n) is 1.77. The summed E-state index contributed by atoms with van der Waals surface area (Å²) < 4.78 is 31.5. The molecule has 1 aromatic carbocycles. The van der Waals surface area contributed by atoms with Gasteiger partial charge in [0, 0.05) is 26.1 Å². The number of sulfonamides is 1. The highest BCUT2D eigenvalue weighted by Crippen LogP contribution is 2.19. The number of aromatic nitrogens is 1. The highest BCUT2D eigenvalue weighted by atomic mass is 32.2. The summed E-state index contributed by atoms with van der Waals surface area (Å²) in [5.74, 6) is 0.742. The summed E-state index contributed by atoms with van der Waals surface area (Å²) in [6.45, 7) is 0.577. The number of hydrogen-bond donors (Lipinski definition) is 2. The lowest BCUT2D eigenvalue weighted by Crippen LogP contribution is -2.27. The predicted molar refractivity (Wildman–Crippen MR) is 78.4 cm³/mol. The molecule has 1 aromatic heterocycles. The number of benzene rings is 1. The molecule has 1 heterocycles. The number of methoxy groups -OCH3 is 1. The van der Waals surface area contributed by atoms with Crippen molar-refractivity contribution in [3.63, 3.8) is 0 Å². The van der Waals surface area contributed by atoms with Gasteiger partial charge in [-0.3, -0.25) is 0 Å². The number of ether oxygens (including phenoxy) is 1. The molecule has 0 spiro atoms. The average molecular weight is 295 g/mol. The number of hydrogen-bond acceptors (Lipinski definition) is 5. The smallest absolute Gasteiger partial charge is 0.240 e. The minimum Gasteiger partial charge on any atom is -0.383 e. The van der Waals surface area contributed by atoms with Crippen molar-refractivity contribution < 1.29 is 13.2 Å².